The Kier molecular flexibility index (Phi) is 2.91. The summed E-state index contributed by atoms with van der Waals surface area (Å²) >= 11 is 0. The number of aromatic nitrogens is 1. The Labute approximate surface area is 90.8 Å². The molecule has 0 aromatic carbocycles. The van der Waals surface area contributed by atoms with Crippen molar-refractivity contribution in [3.8, 4) is 0 Å². The van der Waals surface area contributed by atoms with Crippen LogP contribution < -0.4 is 4.90 Å². The fraction of sp³-hybridized carbons (Fsp3) is 0.583. The molecule has 2 heterocycles. The SMILES string of the molecule is Cc1nc(N2CCC(C)C2)ccc1CO. The average molecular weight is 206 g/mol. The van der Waals surface area contributed by atoms with Gasteiger partial charge in [0.1, 0.15) is 5.82 Å². The van der Waals surface area contributed by atoms with E-state index in [4.69, 9.17) is 5.11 Å². The number of pyridine rings is 1. The molecule has 15 heavy (non-hydrogen) atoms. The van der Waals surface area contributed by atoms with Crippen LogP contribution in [0.15, 0.2) is 12.1 Å². The first kappa shape index (κ1) is 10.4. The second-order valence-corrected chi connectivity index (χ2v) is 4.41. The lowest BCUT2D eigenvalue weighted by Gasteiger charge is -2.18. The van der Waals surface area contributed by atoms with Crippen LogP contribution in [0.3, 0.4) is 0 Å². The predicted molar refractivity (Wildman–Crippen MR) is 60.9 cm³/mol. The Hall–Kier alpha value is -1.09. The Morgan fingerprint density at radius 2 is 2.33 bits per heavy atom. The van der Waals surface area contributed by atoms with Crippen LogP contribution in [0, 0.1) is 12.8 Å². The molecule has 3 heteroatoms. The first-order valence-electron chi connectivity index (χ1n) is 5.53. The molecule has 0 amide bonds. The van der Waals surface area contributed by atoms with E-state index in [0.717, 1.165) is 36.1 Å². The molecule has 1 N–H and O–H groups in total. The number of rotatable bonds is 2. The molecular weight excluding hydrogens is 188 g/mol. The highest BCUT2D eigenvalue weighted by Gasteiger charge is 2.19. The largest absolute Gasteiger partial charge is 0.392 e. The molecule has 0 radical (unpaired) electrons. The number of anilines is 1. The average Bonchev–Trinajstić information content (AvgIpc) is 2.65. The van der Waals surface area contributed by atoms with E-state index in [1.165, 1.54) is 6.42 Å². The molecule has 82 valence electrons. The van der Waals surface area contributed by atoms with E-state index in [1.54, 1.807) is 0 Å². The minimum Gasteiger partial charge on any atom is -0.392 e. The molecule has 0 saturated carbocycles. The van der Waals surface area contributed by atoms with Gasteiger partial charge < -0.3 is 10.0 Å². The zero-order valence-electron chi connectivity index (χ0n) is 9.40. The van der Waals surface area contributed by atoms with Gasteiger partial charge in [-0.1, -0.05) is 13.0 Å². The van der Waals surface area contributed by atoms with Gasteiger partial charge in [0.25, 0.3) is 0 Å². The van der Waals surface area contributed by atoms with Crippen LogP contribution in [-0.4, -0.2) is 23.2 Å². The van der Waals surface area contributed by atoms with Crippen LogP contribution in [0.2, 0.25) is 0 Å². The van der Waals surface area contributed by atoms with Crippen molar-refractivity contribution in [3.63, 3.8) is 0 Å². The van der Waals surface area contributed by atoms with Gasteiger partial charge in [0.15, 0.2) is 0 Å². The molecule has 0 spiro atoms. The van der Waals surface area contributed by atoms with Gasteiger partial charge in [0.2, 0.25) is 0 Å². The summed E-state index contributed by atoms with van der Waals surface area (Å²) in [6.45, 7) is 6.51. The van der Waals surface area contributed by atoms with E-state index in [-0.39, 0.29) is 6.61 Å². The third kappa shape index (κ3) is 2.12. The Balaban J connectivity index is 2.19. The van der Waals surface area contributed by atoms with Gasteiger partial charge in [0.05, 0.1) is 6.61 Å². The van der Waals surface area contributed by atoms with Gasteiger partial charge >= 0.3 is 0 Å². The number of aliphatic hydroxyl groups is 1. The standard InChI is InChI=1S/C12H18N2O/c1-9-5-6-14(7-9)12-4-3-11(8-15)10(2)13-12/h3-4,9,15H,5-8H2,1-2H3. The fourth-order valence-corrected chi connectivity index (χ4v) is 2.06. The Bertz CT molecular complexity index is 351. The van der Waals surface area contributed by atoms with E-state index >= 15 is 0 Å². The van der Waals surface area contributed by atoms with Gasteiger partial charge in [-0.25, -0.2) is 4.98 Å². The van der Waals surface area contributed by atoms with Crippen molar-refractivity contribution >= 4 is 5.82 Å². The summed E-state index contributed by atoms with van der Waals surface area (Å²) in [6, 6.07) is 3.98. The maximum absolute atomic E-state index is 9.06. The van der Waals surface area contributed by atoms with Crippen LogP contribution >= 0.6 is 0 Å². The summed E-state index contributed by atoms with van der Waals surface area (Å²) in [5, 5.41) is 9.06. The van der Waals surface area contributed by atoms with Crippen LogP contribution in [-0.2, 0) is 6.61 Å². The first-order valence-corrected chi connectivity index (χ1v) is 5.53. The molecule has 0 aliphatic carbocycles. The number of aryl methyl sites for hydroxylation is 1. The molecule has 2 rings (SSSR count). The zero-order chi connectivity index (χ0) is 10.8. The lowest BCUT2D eigenvalue weighted by atomic mass is 10.2. The summed E-state index contributed by atoms with van der Waals surface area (Å²) in [7, 11) is 0. The molecule has 1 atom stereocenters. The van der Waals surface area contributed by atoms with E-state index in [0.29, 0.717) is 0 Å². The van der Waals surface area contributed by atoms with Crippen molar-refractivity contribution in [2.24, 2.45) is 5.92 Å². The molecule has 3 nitrogen and oxygen atoms in total. The molecule has 1 aliphatic rings. The number of aliphatic hydroxyl groups excluding tert-OH is 1. The normalized spacial score (nSPS) is 21.0. The molecule has 1 unspecified atom stereocenters. The minimum absolute atomic E-state index is 0.0789. The fourth-order valence-electron chi connectivity index (χ4n) is 2.06. The number of hydrogen-bond donors (Lipinski definition) is 1. The smallest absolute Gasteiger partial charge is 0.128 e. The lowest BCUT2D eigenvalue weighted by molar-refractivity contribution is 0.280. The first-order chi connectivity index (χ1) is 7.20. The monoisotopic (exact) mass is 206 g/mol. The second-order valence-electron chi connectivity index (χ2n) is 4.41. The molecule has 1 fully saturated rings. The van der Waals surface area contributed by atoms with Crippen LogP contribution in [0.1, 0.15) is 24.6 Å². The van der Waals surface area contributed by atoms with Crippen molar-refractivity contribution in [2.45, 2.75) is 26.9 Å². The summed E-state index contributed by atoms with van der Waals surface area (Å²) in [4.78, 5) is 6.84. The summed E-state index contributed by atoms with van der Waals surface area (Å²) < 4.78 is 0. The molecule has 1 saturated heterocycles. The van der Waals surface area contributed by atoms with Gasteiger partial charge in [-0.15, -0.1) is 0 Å². The van der Waals surface area contributed by atoms with Crippen molar-refractivity contribution < 1.29 is 5.11 Å². The van der Waals surface area contributed by atoms with E-state index in [1.807, 2.05) is 19.1 Å². The van der Waals surface area contributed by atoms with Gasteiger partial charge in [-0.3, -0.25) is 0 Å². The molecule has 1 aromatic heterocycles. The topological polar surface area (TPSA) is 36.4 Å². The number of nitrogens with zero attached hydrogens (tertiary/aromatic N) is 2. The van der Waals surface area contributed by atoms with Crippen LogP contribution in [0.25, 0.3) is 0 Å². The summed E-state index contributed by atoms with van der Waals surface area (Å²) in [6.07, 6.45) is 1.25. The van der Waals surface area contributed by atoms with Crippen molar-refractivity contribution in [1.82, 2.24) is 4.98 Å². The van der Waals surface area contributed by atoms with Crippen molar-refractivity contribution in [2.75, 3.05) is 18.0 Å². The lowest BCUT2D eigenvalue weighted by Crippen LogP contribution is -2.20. The highest BCUT2D eigenvalue weighted by molar-refractivity contribution is 5.42. The second kappa shape index (κ2) is 4.19. The highest BCUT2D eigenvalue weighted by Crippen LogP contribution is 2.22. The van der Waals surface area contributed by atoms with E-state index in [9.17, 15) is 0 Å². The summed E-state index contributed by atoms with van der Waals surface area (Å²) in [5.74, 6) is 1.82. The van der Waals surface area contributed by atoms with Crippen molar-refractivity contribution in [1.29, 1.82) is 0 Å². The maximum atomic E-state index is 9.06. The minimum atomic E-state index is 0.0789. The predicted octanol–water partition coefficient (Wildman–Crippen LogP) is 1.73. The maximum Gasteiger partial charge on any atom is 0.128 e. The summed E-state index contributed by atoms with van der Waals surface area (Å²) in [5.41, 5.74) is 1.86. The third-order valence-corrected chi connectivity index (χ3v) is 3.10. The van der Waals surface area contributed by atoms with Gasteiger partial charge in [-0.2, -0.15) is 0 Å². The number of hydrogen-bond acceptors (Lipinski definition) is 3. The Morgan fingerprint density at radius 3 is 2.87 bits per heavy atom. The highest BCUT2D eigenvalue weighted by atomic mass is 16.3. The van der Waals surface area contributed by atoms with Crippen LogP contribution in [0.5, 0.6) is 0 Å². The molecular formula is C12H18N2O. The third-order valence-electron chi connectivity index (χ3n) is 3.10. The molecule has 1 aromatic rings. The van der Waals surface area contributed by atoms with Gasteiger partial charge in [0, 0.05) is 18.8 Å². The zero-order valence-corrected chi connectivity index (χ0v) is 9.40. The van der Waals surface area contributed by atoms with E-state index < -0.39 is 0 Å². The molecule has 1 aliphatic heterocycles. The van der Waals surface area contributed by atoms with Crippen molar-refractivity contribution in [3.05, 3.63) is 23.4 Å². The molecule has 0 bridgehead atoms. The van der Waals surface area contributed by atoms with Crippen LogP contribution in [0.4, 0.5) is 5.82 Å². The Morgan fingerprint density at radius 1 is 1.53 bits per heavy atom. The van der Waals surface area contributed by atoms with E-state index in [2.05, 4.69) is 16.8 Å². The quantitative estimate of drug-likeness (QED) is 0.800. The van der Waals surface area contributed by atoms with Gasteiger partial charge in [-0.05, 0) is 30.9 Å².